The minimum absolute atomic E-state index is 0.00964. The lowest BCUT2D eigenvalue weighted by Crippen LogP contribution is -2.43. The average molecular weight is 279 g/mol. The summed E-state index contributed by atoms with van der Waals surface area (Å²) < 4.78 is 1.79. The van der Waals surface area contributed by atoms with Crippen molar-refractivity contribution in [2.75, 3.05) is 26.7 Å². The molecule has 1 amide bonds. The van der Waals surface area contributed by atoms with Gasteiger partial charge in [0.05, 0.1) is 18.8 Å². The molecule has 0 spiro atoms. The number of rotatable bonds is 4. The van der Waals surface area contributed by atoms with E-state index >= 15 is 0 Å². The van der Waals surface area contributed by atoms with Crippen molar-refractivity contribution in [2.24, 2.45) is 12.8 Å². The van der Waals surface area contributed by atoms with E-state index in [1.807, 2.05) is 26.5 Å². The number of likely N-dealkylation sites (N-methyl/N-ethyl adjacent to an activating group) is 1. The number of carbonyl (C=O) groups is 1. The smallest absolute Gasteiger partial charge is 0.236 e. The molecule has 1 aromatic rings. The van der Waals surface area contributed by atoms with Crippen molar-refractivity contribution in [3.05, 3.63) is 18.0 Å². The van der Waals surface area contributed by atoms with Crippen LogP contribution < -0.4 is 5.73 Å². The third-order valence-electron chi connectivity index (χ3n) is 4.04. The fourth-order valence-electron chi connectivity index (χ4n) is 2.79. The van der Waals surface area contributed by atoms with E-state index in [0.29, 0.717) is 6.54 Å². The highest BCUT2D eigenvalue weighted by molar-refractivity contribution is 5.78. The van der Waals surface area contributed by atoms with E-state index in [1.165, 1.54) is 0 Å². The Morgan fingerprint density at radius 2 is 2.15 bits per heavy atom. The van der Waals surface area contributed by atoms with Crippen LogP contribution in [0.25, 0.3) is 0 Å². The van der Waals surface area contributed by atoms with Crippen LogP contribution in [0.2, 0.25) is 0 Å². The molecule has 0 bridgehead atoms. The molecular formula is C14H25N5O. The molecule has 0 radical (unpaired) electrons. The van der Waals surface area contributed by atoms with Crippen LogP contribution in [0.5, 0.6) is 0 Å². The standard InChI is InChI=1S/C14H25N5O/c1-4-12(15)14(11-8-16-18(3)9-11)19-7-5-6-17(2)13(20)10-19/h8-9,12,14H,4-7,10,15H2,1-3H3. The zero-order valence-corrected chi connectivity index (χ0v) is 12.6. The second-order valence-electron chi connectivity index (χ2n) is 5.60. The van der Waals surface area contributed by atoms with Crippen LogP contribution in [0, 0.1) is 0 Å². The normalized spacial score (nSPS) is 20.8. The number of nitrogens with zero attached hydrogens (tertiary/aromatic N) is 4. The van der Waals surface area contributed by atoms with Gasteiger partial charge in [-0.05, 0) is 12.8 Å². The second-order valence-corrected chi connectivity index (χ2v) is 5.60. The van der Waals surface area contributed by atoms with Gasteiger partial charge < -0.3 is 10.6 Å². The van der Waals surface area contributed by atoms with Crippen LogP contribution in [-0.2, 0) is 11.8 Å². The Hall–Kier alpha value is -1.40. The van der Waals surface area contributed by atoms with Crippen molar-refractivity contribution >= 4 is 5.91 Å². The molecular weight excluding hydrogens is 254 g/mol. The van der Waals surface area contributed by atoms with E-state index in [4.69, 9.17) is 5.73 Å². The molecule has 0 saturated carbocycles. The molecule has 1 aliphatic heterocycles. The first-order valence-corrected chi connectivity index (χ1v) is 7.25. The van der Waals surface area contributed by atoms with E-state index in [-0.39, 0.29) is 18.0 Å². The number of aromatic nitrogens is 2. The fraction of sp³-hybridized carbons (Fsp3) is 0.714. The van der Waals surface area contributed by atoms with Gasteiger partial charge in [-0.1, -0.05) is 6.92 Å². The summed E-state index contributed by atoms with van der Waals surface area (Å²) in [6, 6.07) is 0.0690. The third-order valence-corrected chi connectivity index (χ3v) is 4.04. The van der Waals surface area contributed by atoms with Gasteiger partial charge in [0.1, 0.15) is 0 Å². The van der Waals surface area contributed by atoms with Crippen LogP contribution in [0.1, 0.15) is 31.4 Å². The molecule has 1 fully saturated rings. The average Bonchev–Trinajstić information content (AvgIpc) is 2.76. The maximum atomic E-state index is 12.1. The van der Waals surface area contributed by atoms with Crippen molar-refractivity contribution in [2.45, 2.75) is 31.8 Å². The molecule has 0 aromatic carbocycles. The zero-order chi connectivity index (χ0) is 14.7. The summed E-state index contributed by atoms with van der Waals surface area (Å²) in [5, 5.41) is 4.25. The summed E-state index contributed by atoms with van der Waals surface area (Å²) in [5.41, 5.74) is 7.41. The van der Waals surface area contributed by atoms with E-state index < -0.39 is 0 Å². The molecule has 6 heteroatoms. The molecule has 2 N–H and O–H groups in total. The second kappa shape index (κ2) is 6.37. The molecule has 2 unspecified atom stereocenters. The van der Waals surface area contributed by atoms with Gasteiger partial charge in [0.25, 0.3) is 0 Å². The Labute approximate surface area is 120 Å². The van der Waals surface area contributed by atoms with E-state index in [1.54, 1.807) is 9.58 Å². The van der Waals surface area contributed by atoms with Crippen LogP contribution in [0.15, 0.2) is 12.4 Å². The molecule has 1 aliphatic rings. The molecule has 2 atom stereocenters. The van der Waals surface area contributed by atoms with Crippen LogP contribution in [-0.4, -0.2) is 58.2 Å². The van der Waals surface area contributed by atoms with Crippen molar-refractivity contribution in [1.29, 1.82) is 0 Å². The lowest BCUT2D eigenvalue weighted by Gasteiger charge is -2.33. The molecule has 0 aliphatic carbocycles. The largest absolute Gasteiger partial charge is 0.345 e. The van der Waals surface area contributed by atoms with Gasteiger partial charge in [-0.15, -0.1) is 0 Å². The fourth-order valence-corrected chi connectivity index (χ4v) is 2.79. The van der Waals surface area contributed by atoms with Gasteiger partial charge in [0.15, 0.2) is 0 Å². The molecule has 1 saturated heterocycles. The summed E-state index contributed by atoms with van der Waals surface area (Å²) >= 11 is 0. The number of hydrogen-bond acceptors (Lipinski definition) is 4. The number of carbonyl (C=O) groups excluding carboxylic acids is 1. The Bertz CT molecular complexity index is 458. The Morgan fingerprint density at radius 3 is 2.75 bits per heavy atom. The van der Waals surface area contributed by atoms with E-state index in [9.17, 15) is 4.79 Å². The SMILES string of the molecule is CCC(N)C(c1cnn(C)c1)N1CCCN(C)C(=O)C1. The van der Waals surface area contributed by atoms with Crippen molar-refractivity contribution < 1.29 is 4.79 Å². The predicted molar refractivity (Wildman–Crippen MR) is 78.0 cm³/mol. The quantitative estimate of drug-likeness (QED) is 0.864. The zero-order valence-electron chi connectivity index (χ0n) is 12.6. The highest BCUT2D eigenvalue weighted by Gasteiger charge is 2.30. The maximum Gasteiger partial charge on any atom is 0.236 e. The van der Waals surface area contributed by atoms with Gasteiger partial charge >= 0.3 is 0 Å². The molecule has 20 heavy (non-hydrogen) atoms. The minimum Gasteiger partial charge on any atom is -0.345 e. The number of hydrogen-bond donors (Lipinski definition) is 1. The van der Waals surface area contributed by atoms with Crippen molar-refractivity contribution in [3.63, 3.8) is 0 Å². The molecule has 112 valence electrons. The summed E-state index contributed by atoms with van der Waals surface area (Å²) in [5.74, 6) is 0.166. The molecule has 2 rings (SSSR count). The van der Waals surface area contributed by atoms with Gasteiger partial charge in [0.2, 0.25) is 5.91 Å². The summed E-state index contributed by atoms with van der Waals surface area (Å²) in [6.45, 7) is 4.23. The third kappa shape index (κ3) is 3.19. The maximum absolute atomic E-state index is 12.1. The number of aryl methyl sites for hydroxylation is 1. The molecule has 2 heterocycles. The Morgan fingerprint density at radius 1 is 1.40 bits per heavy atom. The predicted octanol–water partition coefficient (Wildman–Crippen LogP) is 0.363. The lowest BCUT2D eigenvalue weighted by atomic mass is 9.99. The van der Waals surface area contributed by atoms with Crippen LogP contribution in [0.4, 0.5) is 0 Å². The number of amides is 1. The first kappa shape index (κ1) is 15.0. The lowest BCUT2D eigenvalue weighted by molar-refractivity contribution is -0.130. The first-order valence-electron chi connectivity index (χ1n) is 7.25. The Balaban J connectivity index is 2.24. The minimum atomic E-state index is 0.00964. The van der Waals surface area contributed by atoms with Gasteiger partial charge in [-0.3, -0.25) is 14.4 Å². The highest BCUT2D eigenvalue weighted by Crippen LogP contribution is 2.26. The Kier molecular flexibility index (Phi) is 4.77. The van der Waals surface area contributed by atoms with Crippen LogP contribution in [0.3, 0.4) is 0 Å². The van der Waals surface area contributed by atoms with E-state index in [0.717, 1.165) is 31.5 Å². The van der Waals surface area contributed by atoms with Crippen molar-refractivity contribution in [1.82, 2.24) is 19.6 Å². The summed E-state index contributed by atoms with van der Waals surface area (Å²) in [6.07, 6.45) is 5.72. The van der Waals surface area contributed by atoms with Gasteiger partial charge in [-0.2, -0.15) is 5.10 Å². The molecule has 1 aromatic heterocycles. The van der Waals surface area contributed by atoms with E-state index in [2.05, 4.69) is 16.9 Å². The number of nitrogens with two attached hydrogens (primary N) is 1. The topological polar surface area (TPSA) is 67.4 Å². The summed E-state index contributed by atoms with van der Waals surface area (Å²) in [4.78, 5) is 16.1. The van der Waals surface area contributed by atoms with Crippen LogP contribution >= 0.6 is 0 Å². The van der Waals surface area contributed by atoms with Gasteiger partial charge in [0, 0.05) is 45.0 Å². The first-order chi connectivity index (χ1) is 9.52. The van der Waals surface area contributed by atoms with Gasteiger partial charge in [-0.25, -0.2) is 0 Å². The summed E-state index contributed by atoms with van der Waals surface area (Å²) in [7, 11) is 3.77. The molecule has 6 nitrogen and oxygen atoms in total. The highest BCUT2D eigenvalue weighted by atomic mass is 16.2. The monoisotopic (exact) mass is 279 g/mol. The van der Waals surface area contributed by atoms with Crippen molar-refractivity contribution in [3.8, 4) is 0 Å².